The Labute approximate surface area is 156 Å². The van der Waals surface area contributed by atoms with E-state index in [1.807, 2.05) is 24.3 Å². The maximum Gasteiger partial charge on any atom is 0.274 e. The molecule has 3 rings (SSSR count). The van der Waals surface area contributed by atoms with Crippen LogP contribution < -0.4 is 20.3 Å². The number of amides is 1. The molecule has 0 atom stereocenters. The maximum atomic E-state index is 12.4. The number of ether oxygens (including phenoxy) is 2. The molecule has 1 aromatic heterocycles. The van der Waals surface area contributed by atoms with Gasteiger partial charge in [0.2, 0.25) is 0 Å². The molecule has 0 aliphatic rings. The van der Waals surface area contributed by atoms with Gasteiger partial charge in [0.25, 0.3) is 11.5 Å². The zero-order valence-corrected chi connectivity index (χ0v) is 15.0. The molecule has 0 saturated carbocycles. The van der Waals surface area contributed by atoms with E-state index in [1.165, 1.54) is 6.07 Å². The second kappa shape index (κ2) is 8.18. The molecule has 1 heterocycles. The molecule has 0 saturated heterocycles. The summed E-state index contributed by atoms with van der Waals surface area (Å²) in [6, 6.07) is 15.5. The third kappa shape index (κ3) is 4.72. The summed E-state index contributed by atoms with van der Waals surface area (Å²) in [4.78, 5) is 31.3. The SMILES string of the molecule is COc1ccc(Cc2nc(C(=O)Nc3ccc(OC)cc3)cc(=O)[nH]2)cc1. The Hall–Kier alpha value is -3.61. The molecule has 0 unspecified atom stereocenters. The fourth-order valence-electron chi connectivity index (χ4n) is 2.51. The first kappa shape index (κ1) is 18.2. The van der Waals surface area contributed by atoms with Gasteiger partial charge < -0.3 is 19.8 Å². The smallest absolute Gasteiger partial charge is 0.274 e. The highest BCUT2D eigenvalue weighted by Gasteiger charge is 2.11. The summed E-state index contributed by atoms with van der Waals surface area (Å²) in [5.74, 6) is 1.38. The van der Waals surface area contributed by atoms with Crippen molar-refractivity contribution in [3.8, 4) is 11.5 Å². The van der Waals surface area contributed by atoms with Crippen LogP contribution in [-0.4, -0.2) is 30.1 Å². The molecule has 27 heavy (non-hydrogen) atoms. The number of hydrogen-bond acceptors (Lipinski definition) is 5. The summed E-state index contributed by atoms with van der Waals surface area (Å²) in [5, 5.41) is 2.72. The molecule has 1 amide bonds. The number of hydrogen-bond donors (Lipinski definition) is 2. The number of nitrogens with zero attached hydrogens (tertiary/aromatic N) is 1. The number of nitrogens with one attached hydrogen (secondary N) is 2. The number of carbonyl (C=O) groups excluding carboxylic acids is 1. The van der Waals surface area contributed by atoms with Gasteiger partial charge in [0.05, 0.1) is 14.2 Å². The van der Waals surface area contributed by atoms with Gasteiger partial charge in [0, 0.05) is 18.2 Å². The third-order valence-corrected chi connectivity index (χ3v) is 3.90. The van der Waals surface area contributed by atoms with Crippen molar-refractivity contribution in [2.24, 2.45) is 0 Å². The normalized spacial score (nSPS) is 10.3. The van der Waals surface area contributed by atoms with Crippen LogP contribution in [-0.2, 0) is 6.42 Å². The number of rotatable bonds is 6. The van der Waals surface area contributed by atoms with Crippen LogP contribution in [0.3, 0.4) is 0 Å². The molecule has 2 N–H and O–H groups in total. The summed E-state index contributed by atoms with van der Waals surface area (Å²) in [6.45, 7) is 0. The molecule has 0 fully saturated rings. The number of H-pyrrole nitrogens is 1. The molecule has 138 valence electrons. The van der Waals surface area contributed by atoms with E-state index in [0.717, 1.165) is 11.3 Å². The van der Waals surface area contributed by atoms with Gasteiger partial charge in [0.1, 0.15) is 23.0 Å². The zero-order valence-electron chi connectivity index (χ0n) is 15.0. The van der Waals surface area contributed by atoms with Gasteiger partial charge in [0.15, 0.2) is 0 Å². The second-order valence-corrected chi connectivity index (χ2v) is 5.78. The number of aromatic nitrogens is 2. The van der Waals surface area contributed by atoms with Crippen LogP contribution in [0, 0.1) is 0 Å². The van der Waals surface area contributed by atoms with Crippen molar-refractivity contribution in [1.29, 1.82) is 0 Å². The van der Waals surface area contributed by atoms with Crippen molar-refractivity contribution in [3.05, 3.63) is 82.0 Å². The predicted octanol–water partition coefficient (Wildman–Crippen LogP) is 2.63. The highest BCUT2D eigenvalue weighted by atomic mass is 16.5. The highest BCUT2D eigenvalue weighted by molar-refractivity contribution is 6.02. The lowest BCUT2D eigenvalue weighted by atomic mass is 10.1. The Balaban J connectivity index is 1.76. The first-order valence-electron chi connectivity index (χ1n) is 8.26. The van der Waals surface area contributed by atoms with Gasteiger partial charge in [-0.3, -0.25) is 9.59 Å². The van der Waals surface area contributed by atoms with Gasteiger partial charge in [-0.15, -0.1) is 0 Å². The minimum Gasteiger partial charge on any atom is -0.497 e. The Morgan fingerprint density at radius 2 is 1.59 bits per heavy atom. The Bertz CT molecular complexity index is 979. The minimum atomic E-state index is -0.456. The second-order valence-electron chi connectivity index (χ2n) is 5.78. The van der Waals surface area contributed by atoms with Gasteiger partial charge >= 0.3 is 0 Å². The number of anilines is 1. The Morgan fingerprint density at radius 3 is 2.19 bits per heavy atom. The number of benzene rings is 2. The van der Waals surface area contributed by atoms with Crippen molar-refractivity contribution in [3.63, 3.8) is 0 Å². The van der Waals surface area contributed by atoms with E-state index in [9.17, 15) is 9.59 Å². The first-order chi connectivity index (χ1) is 13.1. The van der Waals surface area contributed by atoms with Gasteiger partial charge in [-0.1, -0.05) is 12.1 Å². The summed E-state index contributed by atoms with van der Waals surface area (Å²) in [5.41, 5.74) is 1.19. The fraction of sp³-hybridized carbons (Fsp3) is 0.150. The van der Waals surface area contributed by atoms with Crippen LogP contribution >= 0.6 is 0 Å². The number of methoxy groups -OCH3 is 2. The lowest BCUT2D eigenvalue weighted by molar-refractivity contribution is 0.102. The molecule has 2 aromatic carbocycles. The molecule has 0 spiro atoms. The molecule has 0 bridgehead atoms. The molecule has 3 aromatic rings. The summed E-state index contributed by atoms with van der Waals surface area (Å²) in [6.07, 6.45) is 0.392. The average Bonchev–Trinajstić information content (AvgIpc) is 2.68. The number of aromatic amines is 1. The van der Waals surface area contributed by atoms with Crippen LogP contribution in [0.5, 0.6) is 11.5 Å². The van der Waals surface area contributed by atoms with Gasteiger partial charge in [-0.25, -0.2) is 4.98 Å². The molecule has 0 aliphatic carbocycles. The van der Waals surface area contributed by atoms with E-state index in [1.54, 1.807) is 38.5 Å². The summed E-state index contributed by atoms with van der Waals surface area (Å²) >= 11 is 0. The van der Waals surface area contributed by atoms with E-state index < -0.39 is 5.91 Å². The van der Waals surface area contributed by atoms with Gasteiger partial charge in [-0.05, 0) is 42.0 Å². The van der Waals surface area contributed by atoms with Crippen molar-refractivity contribution in [2.45, 2.75) is 6.42 Å². The largest absolute Gasteiger partial charge is 0.497 e. The predicted molar refractivity (Wildman–Crippen MR) is 102 cm³/mol. The molecule has 7 heteroatoms. The van der Waals surface area contributed by atoms with E-state index in [4.69, 9.17) is 9.47 Å². The van der Waals surface area contributed by atoms with Crippen molar-refractivity contribution in [1.82, 2.24) is 9.97 Å². The maximum absolute atomic E-state index is 12.4. The van der Waals surface area contributed by atoms with Crippen molar-refractivity contribution < 1.29 is 14.3 Å². The molecule has 0 radical (unpaired) electrons. The molecular formula is C20H19N3O4. The van der Waals surface area contributed by atoms with Crippen LogP contribution in [0.15, 0.2) is 59.4 Å². The zero-order chi connectivity index (χ0) is 19.2. The average molecular weight is 365 g/mol. The number of carbonyl (C=O) groups is 1. The lowest BCUT2D eigenvalue weighted by Crippen LogP contribution is -2.20. The van der Waals surface area contributed by atoms with Crippen molar-refractivity contribution >= 4 is 11.6 Å². The standard InChI is InChI=1S/C20H19N3O4/c1-26-15-7-3-13(4-8-15)11-18-22-17(12-19(24)23-18)20(25)21-14-5-9-16(27-2)10-6-14/h3-10,12H,11H2,1-2H3,(H,21,25)(H,22,23,24). The highest BCUT2D eigenvalue weighted by Crippen LogP contribution is 2.16. The third-order valence-electron chi connectivity index (χ3n) is 3.90. The van der Waals surface area contributed by atoms with E-state index in [-0.39, 0.29) is 11.3 Å². The Kier molecular flexibility index (Phi) is 5.51. The van der Waals surface area contributed by atoms with Crippen LogP contribution in [0.25, 0.3) is 0 Å². The summed E-state index contributed by atoms with van der Waals surface area (Å²) in [7, 11) is 3.16. The summed E-state index contributed by atoms with van der Waals surface area (Å²) < 4.78 is 10.2. The van der Waals surface area contributed by atoms with E-state index in [2.05, 4.69) is 15.3 Å². The monoisotopic (exact) mass is 365 g/mol. The molecule has 7 nitrogen and oxygen atoms in total. The quantitative estimate of drug-likeness (QED) is 0.700. The minimum absolute atomic E-state index is 0.0538. The van der Waals surface area contributed by atoms with Crippen molar-refractivity contribution in [2.75, 3.05) is 19.5 Å². The van der Waals surface area contributed by atoms with E-state index >= 15 is 0 Å². The molecular weight excluding hydrogens is 346 g/mol. The topological polar surface area (TPSA) is 93.3 Å². The van der Waals surface area contributed by atoms with Crippen LogP contribution in [0.2, 0.25) is 0 Å². The fourth-order valence-corrected chi connectivity index (χ4v) is 2.51. The van der Waals surface area contributed by atoms with Gasteiger partial charge in [-0.2, -0.15) is 0 Å². The first-order valence-corrected chi connectivity index (χ1v) is 8.26. The van der Waals surface area contributed by atoms with Crippen LogP contribution in [0.1, 0.15) is 21.9 Å². The lowest BCUT2D eigenvalue weighted by Gasteiger charge is -2.07. The molecule has 0 aliphatic heterocycles. The Morgan fingerprint density at radius 1 is 1.00 bits per heavy atom. The van der Waals surface area contributed by atoms with Crippen LogP contribution in [0.4, 0.5) is 5.69 Å². The van der Waals surface area contributed by atoms with E-state index in [0.29, 0.717) is 23.7 Å².